The van der Waals surface area contributed by atoms with Crippen LogP contribution in [0.15, 0.2) is 42.7 Å². The Morgan fingerprint density at radius 1 is 1.24 bits per heavy atom. The van der Waals surface area contributed by atoms with Gasteiger partial charge in [0.2, 0.25) is 0 Å². The molecule has 0 saturated carbocycles. The second-order valence-corrected chi connectivity index (χ2v) is 6.41. The zero-order valence-corrected chi connectivity index (χ0v) is 14.6. The number of carbonyl (C=O) groups excluding carboxylic acids is 1. The van der Waals surface area contributed by atoms with E-state index in [2.05, 4.69) is 25.5 Å². The number of anilines is 1. The van der Waals surface area contributed by atoms with E-state index in [0.29, 0.717) is 6.54 Å². The normalized spacial score (nSPS) is 15.0. The standard InChI is InChI=1S/C19H25N5O/c1-15-4-2-6-18(22-15)24-12-8-17(9-13-24)23-19(25)21-11-7-16-5-3-10-20-14-16/h2-6,10,14,17H,7-9,11-13H2,1H3,(H2,21,23,25). The van der Waals surface area contributed by atoms with Gasteiger partial charge in [-0.15, -0.1) is 0 Å². The molecule has 0 bridgehead atoms. The minimum absolute atomic E-state index is 0.0870. The molecule has 2 aromatic rings. The van der Waals surface area contributed by atoms with Crippen LogP contribution in [-0.4, -0.2) is 41.7 Å². The predicted octanol–water partition coefficient (Wildman–Crippen LogP) is 2.30. The van der Waals surface area contributed by atoms with Gasteiger partial charge in [0, 0.05) is 43.8 Å². The van der Waals surface area contributed by atoms with Crippen molar-refractivity contribution < 1.29 is 4.79 Å². The predicted molar refractivity (Wildman–Crippen MR) is 98.7 cm³/mol. The number of hydrogen-bond acceptors (Lipinski definition) is 4. The van der Waals surface area contributed by atoms with Crippen molar-refractivity contribution in [3.8, 4) is 0 Å². The van der Waals surface area contributed by atoms with E-state index in [9.17, 15) is 4.79 Å². The summed E-state index contributed by atoms with van der Waals surface area (Å²) in [6, 6.07) is 10.2. The Hall–Kier alpha value is -2.63. The first-order chi connectivity index (χ1) is 12.2. The monoisotopic (exact) mass is 339 g/mol. The molecule has 0 spiro atoms. The van der Waals surface area contributed by atoms with Crippen LogP contribution >= 0.6 is 0 Å². The van der Waals surface area contributed by atoms with E-state index < -0.39 is 0 Å². The summed E-state index contributed by atoms with van der Waals surface area (Å²) in [6.07, 6.45) is 6.24. The van der Waals surface area contributed by atoms with Crippen molar-refractivity contribution in [3.05, 3.63) is 54.0 Å². The van der Waals surface area contributed by atoms with Gasteiger partial charge in [-0.2, -0.15) is 0 Å². The maximum Gasteiger partial charge on any atom is 0.315 e. The molecule has 3 rings (SSSR count). The first-order valence-electron chi connectivity index (χ1n) is 8.82. The van der Waals surface area contributed by atoms with Crippen molar-refractivity contribution in [2.75, 3.05) is 24.5 Å². The van der Waals surface area contributed by atoms with Gasteiger partial charge in [-0.1, -0.05) is 12.1 Å². The lowest BCUT2D eigenvalue weighted by Gasteiger charge is -2.33. The van der Waals surface area contributed by atoms with Crippen molar-refractivity contribution in [2.45, 2.75) is 32.2 Å². The number of amides is 2. The topological polar surface area (TPSA) is 70.2 Å². The number of aryl methyl sites for hydroxylation is 1. The van der Waals surface area contributed by atoms with Crippen LogP contribution in [0.25, 0.3) is 0 Å². The molecular weight excluding hydrogens is 314 g/mol. The number of aromatic nitrogens is 2. The number of nitrogens with one attached hydrogen (secondary N) is 2. The second kappa shape index (κ2) is 8.46. The quantitative estimate of drug-likeness (QED) is 0.877. The summed E-state index contributed by atoms with van der Waals surface area (Å²) < 4.78 is 0. The first kappa shape index (κ1) is 17.2. The number of nitrogens with zero attached hydrogens (tertiary/aromatic N) is 3. The Balaban J connectivity index is 1.37. The zero-order chi connectivity index (χ0) is 17.5. The molecule has 0 radical (unpaired) electrons. The first-order valence-corrected chi connectivity index (χ1v) is 8.82. The molecule has 0 atom stereocenters. The van der Waals surface area contributed by atoms with Crippen molar-refractivity contribution >= 4 is 11.8 Å². The number of hydrogen-bond donors (Lipinski definition) is 2. The summed E-state index contributed by atoms with van der Waals surface area (Å²) in [5.74, 6) is 1.03. The van der Waals surface area contributed by atoms with Crippen LogP contribution < -0.4 is 15.5 Å². The van der Waals surface area contributed by atoms with Crippen LogP contribution in [0, 0.1) is 6.92 Å². The van der Waals surface area contributed by atoms with E-state index in [1.807, 2.05) is 43.5 Å². The molecular formula is C19H25N5O. The minimum Gasteiger partial charge on any atom is -0.356 e. The molecule has 1 fully saturated rings. The molecule has 25 heavy (non-hydrogen) atoms. The SMILES string of the molecule is Cc1cccc(N2CCC(NC(=O)NCCc3cccnc3)CC2)n1. The van der Waals surface area contributed by atoms with Crippen LogP contribution in [0.5, 0.6) is 0 Å². The van der Waals surface area contributed by atoms with Crippen LogP contribution in [-0.2, 0) is 6.42 Å². The van der Waals surface area contributed by atoms with E-state index in [1.165, 1.54) is 0 Å². The Kier molecular flexibility index (Phi) is 5.82. The third-order valence-corrected chi connectivity index (χ3v) is 4.45. The maximum absolute atomic E-state index is 12.0. The Bertz CT molecular complexity index is 683. The second-order valence-electron chi connectivity index (χ2n) is 6.41. The molecule has 1 aliphatic heterocycles. The molecule has 6 heteroatoms. The van der Waals surface area contributed by atoms with E-state index in [-0.39, 0.29) is 12.1 Å². The fourth-order valence-electron chi connectivity index (χ4n) is 3.06. The van der Waals surface area contributed by atoms with E-state index in [1.54, 1.807) is 6.20 Å². The summed E-state index contributed by atoms with van der Waals surface area (Å²) in [6.45, 7) is 4.45. The Labute approximate surface area is 148 Å². The van der Waals surface area contributed by atoms with E-state index in [4.69, 9.17) is 0 Å². The lowest BCUT2D eigenvalue weighted by Crippen LogP contribution is -2.48. The summed E-state index contributed by atoms with van der Waals surface area (Å²) in [5.41, 5.74) is 2.16. The van der Waals surface area contributed by atoms with E-state index in [0.717, 1.165) is 49.4 Å². The number of pyridine rings is 2. The van der Waals surface area contributed by atoms with E-state index >= 15 is 0 Å². The van der Waals surface area contributed by atoms with Crippen molar-refractivity contribution in [3.63, 3.8) is 0 Å². The molecule has 2 N–H and O–H groups in total. The van der Waals surface area contributed by atoms with Gasteiger partial charge in [0.05, 0.1) is 0 Å². The Morgan fingerprint density at radius 3 is 2.80 bits per heavy atom. The van der Waals surface area contributed by atoms with Gasteiger partial charge in [0.15, 0.2) is 0 Å². The van der Waals surface area contributed by atoms with Crippen LogP contribution in [0.3, 0.4) is 0 Å². The van der Waals surface area contributed by atoms with Crippen molar-refractivity contribution in [1.29, 1.82) is 0 Å². The lowest BCUT2D eigenvalue weighted by molar-refractivity contribution is 0.234. The van der Waals surface area contributed by atoms with Gasteiger partial charge in [-0.05, 0) is 49.9 Å². The average Bonchev–Trinajstić information content (AvgIpc) is 2.63. The van der Waals surface area contributed by atoms with Gasteiger partial charge < -0.3 is 15.5 Å². The molecule has 0 unspecified atom stereocenters. The summed E-state index contributed by atoms with van der Waals surface area (Å²) in [7, 11) is 0. The maximum atomic E-state index is 12.0. The highest BCUT2D eigenvalue weighted by atomic mass is 16.2. The highest BCUT2D eigenvalue weighted by molar-refractivity contribution is 5.74. The molecule has 1 aliphatic rings. The average molecular weight is 339 g/mol. The summed E-state index contributed by atoms with van der Waals surface area (Å²) in [4.78, 5) is 23.0. The van der Waals surface area contributed by atoms with Crippen molar-refractivity contribution in [2.24, 2.45) is 0 Å². The number of urea groups is 1. The summed E-state index contributed by atoms with van der Waals surface area (Å²) >= 11 is 0. The lowest BCUT2D eigenvalue weighted by atomic mass is 10.1. The molecule has 2 aromatic heterocycles. The fraction of sp³-hybridized carbons (Fsp3) is 0.421. The van der Waals surface area contributed by atoms with Crippen molar-refractivity contribution in [1.82, 2.24) is 20.6 Å². The number of piperidine rings is 1. The van der Waals surface area contributed by atoms with Crippen LogP contribution in [0.4, 0.5) is 10.6 Å². The highest BCUT2D eigenvalue weighted by Crippen LogP contribution is 2.18. The van der Waals surface area contributed by atoms with Gasteiger partial charge in [-0.25, -0.2) is 9.78 Å². The number of rotatable bonds is 5. The Morgan fingerprint density at radius 2 is 2.08 bits per heavy atom. The molecule has 2 amide bonds. The highest BCUT2D eigenvalue weighted by Gasteiger charge is 2.21. The molecule has 3 heterocycles. The van der Waals surface area contributed by atoms with Gasteiger partial charge in [0.1, 0.15) is 5.82 Å². The fourth-order valence-corrected chi connectivity index (χ4v) is 3.06. The number of carbonyl (C=O) groups is 1. The molecule has 132 valence electrons. The molecule has 0 aliphatic carbocycles. The van der Waals surface area contributed by atoms with Gasteiger partial charge in [-0.3, -0.25) is 4.98 Å². The molecule has 0 aromatic carbocycles. The van der Waals surface area contributed by atoms with Crippen LogP contribution in [0.2, 0.25) is 0 Å². The summed E-state index contributed by atoms with van der Waals surface area (Å²) in [5, 5.41) is 6.00. The largest absolute Gasteiger partial charge is 0.356 e. The van der Waals surface area contributed by atoms with Gasteiger partial charge in [0.25, 0.3) is 0 Å². The molecule has 6 nitrogen and oxygen atoms in total. The third-order valence-electron chi connectivity index (χ3n) is 4.45. The zero-order valence-electron chi connectivity index (χ0n) is 14.6. The molecule has 1 saturated heterocycles. The van der Waals surface area contributed by atoms with Crippen LogP contribution in [0.1, 0.15) is 24.1 Å². The third kappa shape index (κ3) is 5.17. The minimum atomic E-state index is -0.0870. The van der Waals surface area contributed by atoms with Gasteiger partial charge >= 0.3 is 6.03 Å². The smallest absolute Gasteiger partial charge is 0.315 e.